The highest BCUT2D eigenvalue weighted by molar-refractivity contribution is 9.10. The van der Waals surface area contributed by atoms with E-state index in [2.05, 4.69) is 15.9 Å². The first-order chi connectivity index (χ1) is 10.5. The summed E-state index contributed by atoms with van der Waals surface area (Å²) in [6.45, 7) is 1.93. The van der Waals surface area contributed by atoms with Crippen molar-refractivity contribution < 1.29 is 8.42 Å². The molecule has 2 aromatic carbocycles. The molecule has 3 rings (SSSR count). The van der Waals surface area contributed by atoms with Crippen molar-refractivity contribution in [3.63, 3.8) is 0 Å². The van der Waals surface area contributed by atoms with Crippen LogP contribution in [0, 0.1) is 6.92 Å². The molecule has 0 saturated carbocycles. The molecule has 1 heterocycles. The molecule has 5 heteroatoms. The number of rotatable bonds is 3. The minimum Gasteiger partial charge on any atom is -0.240 e. The third-order valence-corrected chi connectivity index (χ3v) is 5.52. The van der Waals surface area contributed by atoms with E-state index in [0.29, 0.717) is 5.69 Å². The molecule has 0 saturated heterocycles. The number of aromatic nitrogens is 1. The van der Waals surface area contributed by atoms with Crippen LogP contribution < -0.4 is 0 Å². The van der Waals surface area contributed by atoms with Gasteiger partial charge in [-0.05, 0) is 46.6 Å². The summed E-state index contributed by atoms with van der Waals surface area (Å²) in [6.07, 6.45) is 1.58. The SMILES string of the molecule is Cc1ccc(S(=O)(=O)n2cc(Br)cc2-c2ccccc2)cc1. The van der Waals surface area contributed by atoms with Gasteiger partial charge in [-0.15, -0.1) is 0 Å². The van der Waals surface area contributed by atoms with E-state index in [1.807, 2.05) is 37.3 Å². The Labute approximate surface area is 138 Å². The van der Waals surface area contributed by atoms with Gasteiger partial charge in [-0.3, -0.25) is 0 Å². The average molecular weight is 376 g/mol. The van der Waals surface area contributed by atoms with Crippen molar-refractivity contribution in [3.05, 3.63) is 76.9 Å². The molecule has 0 aliphatic carbocycles. The predicted molar refractivity (Wildman–Crippen MR) is 91.3 cm³/mol. The van der Waals surface area contributed by atoms with Crippen LogP contribution in [0.15, 0.2) is 76.2 Å². The van der Waals surface area contributed by atoms with E-state index in [9.17, 15) is 8.42 Å². The van der Waals surface area contributed by atoms with Gasteiger partial charge in [-0.25, -0.2) is 12.4 Å². The van der Waals surface area contributed by atoms with Crippen LogP contribution in [0.1, 0.15) is 5.56 Å². The maximum atomic E-state index is 12.9. The highest BCUT2D eigenvalue weighted by Crippen LogP contribution is 2.29. The van der Waals surface area contributed by atoms with Crippen LogP contribution in [0.5, 0.6) is 0 Å². The highest BCUT2D eigenvalue weighted by Gasteiger charge is 2.21. The van der Waals surface area contributed by atoms with Gasteiger partial charge < -0.3 is 0 Å². The number of benzene rings is 2. The number of halogens is 1. The minimum absolute atomic E-state index is 0.276. The number of aryl methyl sites for hydroxylation is 1. The Morgan fingerprint density at radius 3 is 2.23 bits per heavy atom. The fraction of sp³-hybridized carbons (Fsp3) is 0.0588. The Morgan fingerprint density at radius 2 is 1.59 bits per heavy atom. The summed E-state index contributed by atoms with van der Waals surface area (Å²) in [5.41, 5.74) is 2.51. The molecule has 0 radical (unpaired) electrons. The lowest BCUT2D eigenvalue weighted by molar-refractivity contribution is 0.588. The highest BCUT2D eigenvalue weighted by atomic mass is 79.9. The van der Waals surface area contributed by atoms with Crippen molar-refractivity contribution in [2.24, 2.45) is 0 Å². The normalized spacial score (nSPS) is 11.5. The minimum atomic E-state index is -3.63. The first kappa shape index (κ1) is 15.1. The molecule has 0 amide bonds. The molecular weight excluding hydrogens is 362 g/mol. The lowest BCUT2D eigenvalue weighted by Crippen LogP contribution is -2.13. The van der Waals surface area contributed by atoms with Gasteiger partial charge in [0.25, 0.3) is 10.0 Å². The summed E-state index contributed by atoms with van der Waals surface area (Å²) >= 11 is 3.37. The molecule has 0 spiro atoms. The van der Waals surface area contributed by atoms with Gasteiger partial charge in [0.1, 0.15) is 0 Å². The van der Waals surface area contributed by atoms with Gasteiger partial charge in [-0.1, -0.05) is 48.0 Å². The standard InChI is InChI=1S/C17H14BrNO2S/c1-13-7-9-16(10-8-13)22(20,21)19-12-15(18)11-17(19)14-5-3-2-4-6-14/h2-12H,1H3. The summed E-state index contributed by atoms with van der Waals surface area (Å²) < 4.78 is 27.8. The molecule has 0 fully saturated rings. The Bertz CT molecular complexity index is 898. The van der Waals surface area contributed by atoms with Gasteiger partial charge in [0.15, 0.2) is 0 Å². The van der Waals surface area contributed by atoms with Crippen molar-refractivity contribution in [1.29, 1.82) is 0 Å². The van der Waals surface area contributed by atoms with Crippen LogP contribution in [0.2, 0.25) is 0 Å². The second-order valence-corrected chi connectivity index (χ2v) is 7.75. The fourth-order valence-corrected chi connectivity index (χ4v) is 4.19. The third-order valence-electron chi connectivity index (χ3n) is 3.40. The fourth-order valence-electron chi connectivity index (χ4n) is 2.26. The van der Waals surface area contributed by atoms with Crippen LogP contribution in [-0.2, 0) is 10.0 Å². The molecule has 1 aromatic heterocycles. The molecule has 0 N–H and O–H groups in total. The summed E-state index contributed by atoms with van der Waals surface area (Å²) in [5, 5.41) is 0. The Balaban J connectivity index is 2.18. The van der Waals surface area contributed by atoms with Crippen LogP contribution in [-0.4, -0.2) is 12.4 Å². The zero-order chi connectivity index (χ0) is 15.7. The van der Waals surface area contributed by atoms with Crippen LogP contribution in [0.3, 0.4) is 0 Å². The van der Waals surface area contributed by atoms with E-state index in [-0.39, 0.29) is 4.90 Å². The number of hydrogen-bond acceptors (Lipinski definition) is 2. The van der Waals surface area contributed by atoms with Gasteiger partial charge in [0.2, 0.25) is 0 Å². The average Bonchev–Trinajstić information content (AvgIpc) is 2.91. The van der Waals surface area contributed by atoms with Crippen molar-refractivity contribution in [2.75, 3.05) is 0 Å². The van der Waals surface area contributed by atoms with Gasteiger partial charge in [-0.2, -0.15) is 0 Å². The van der Waals surface area contributed by atoms with Crippen molar-refractivity contribution in [1.82, 2.24) is 3.97 Å². The largest absolute Gasteiger partial charge is 0.268 e. The van der Waals surface area contributed by atoms with Gasteiger partial charge in [0.05, 0.1) is 10.6 Å². The van der Waals surface area contributed by atoms with E-state index in [1.165, 1.54) is 3.97 Å². The summed E-state index contributed by atoms with van der Waals surface area (Å²) in [4.78, 5) is 0.276. The smallest absolute Gasteiger partial charge is 0.240 e. The number of nitrogens with zero attached hydrogens (tertiary/aromatic N) is 1. The predicted octanol–water partition coefficient (Wildman–Crippen LogP) is 4.46. The molecule has 0 aliphatic heterocycles. The van der Waals surface area contributed by atoms with E-state index in [0.717, 1.165) is 15.6 Å². The van der Waals surface area contributed by atoms with Gasteiger partial charge in [0, 0.05) is 10.7 Å². The van der Waals surface area contributed by atoms with E-state index in [1.54, 1.807) is 36.5 Å². The Morgan fingerprint density at radius 1 is 0.955 bits per heavy atom. The molecule has 0 bridgehead atoms. The second kappa shape index (κ2) is 5.74. The first-order valence-corrected chi connectivity index (χ1v) is 8.97. The molecule has 3 nitrogen and oxygen atoms in total. The molecular formula is C17H14BrNO2S. The van der Waals surface area contributed by atoms with Crippen molar-refractivity contribution in [2.45, 2.75) is 11.8 Å². The van der Waals surface area contributed by atoms with Crippen LogP contribution in [0.25, 0.3) is 11.3 Å². The maximum Gasteiger partial charge on any atom is 0.268 e. The topological polar surface area (TPSA) is 39.1 Å². The Kier molecular flexibility index (Phi) is 3.93. The van der Waals surface area contributed by atoms with Gasteiger partial charge >= 0.3 is 0 Å². The molecule has 0 aliphatic rings. The molecule has 22 heavy (non-hydrogen) atoms. The summed E-state index contributed by atoms with van der Waals surface area (Å²) in [5.74, 6) is 0. The maximum absolute atomic E-state index is 12.9. The summed E-state index contributed by atoms with van der Waals surface area (Å²) in [7, 11) is -3.63. The molecule has 0 atom stereocenters. The lowest BCUT2D eigenvalue weighted by Gasteiger charge is -2.10. The Hall–Kier alpha value is -1.85. The molecule has 0 unspecified atom stereocenters. The van der Waals surface area contributed by atoms with E-state index >= 15 is 0 Å². The molecule has 112 valence electrons. The zero-order valence-corrected chi connectivity index (χ0v) is 14.3. The van der Waals surface area contributed by atoms with Crippen LogP contribution in [0.4, 0.5) is 0 Å². The summed E-state index contributed by atoms with van der Waals surface area (Å²) in [6, 6.07) is 18.1. The van der Waals surface area contributed by atoms with Crippen molar-refractivity contribution >= 4 is 26.0 Å². The third kappa shape index (κ3) is 2.74. The quantitative estimate of drug-likeness (QED) is 0.677. The molecule has 3 aromatic rings. The van der Waals surface area contributed by atoms with E-state index in [4.69, 9.17) is 0 Å². The number of hydrogen-bond donors (Lipinski definition) is 0. The van der Waals surface area contributed by atoms with Crippen molar-refractivity contribution in [3.8, 4) is 11.3 Å². The zero-order valence-electron chi connectivity index (χ0n) is 11.9. The van der Waals surface area contributed by atoms with Crippen LogP contribution >= 0.6 is 15.9 Å². The second-order valence-electron chi connectivity index (χ2n) is 5.02. The first-order valence-electron chi connectivity index (χ1n) is 6.74. The monoisotopic (exact) mass is 375 g/mol. The lowest BCUT2D eigenvalue weighted by atomic mass is 10.2. The van der Waals surface area contributed by atoms with E-state index < -0.39 is 10.0 Å².